The van der Waals surface area contributed by atoms with Crippen molar-refractivity contribution in [1.29, 1.82) is 0 Å². The number of hydrogen-bond acceptors (Lipinski definition) is 4. The van der Waals surface area contributed by atoms with E-state index < -0.39 is 0 Å². The van der Waals surface area contributed by atoms with Crippen LogP contribution < -0.4 is 0 Å². The maximum Gasteiger partial charge on any atom is 0.339 e. The first-order valence-corrected chi connectivity index (χ1v) is 7.25. The fourth-order valence-corrected chi connectivity index (χ4v) is 2.60. The lowest BCUT2D eigenvalue weighted by Crippen LogP contribution is -2.26. The molecule has 0 N–H and O–H groups in total. The summed E-state index contributed by atoms with van der Waals surface area (Å²) in [6, 6.07) is 3.55. The largest absolute Gasteiger partial charge is 0.465 e. The fraction of sp³-hybridized carbons (Fsp3) is 0.625. The molecule has 3 unspecified atom stereocenters. The van der Waals surface area contributed by atoms with Crippen molar-refractivity contribution in [2.24, 2.45) is 11.8 Å². The average molecular weight is 277 g/mol. The summed E-state index contributed by atoms with van der Waals surface area (Å²) in [5.74, 6) is 1.16. The molecular formula is C16H23NO3. The standard InChI is InChI=1S/C16H23NO3/c1-11-4-7-15(8-12(11)2)20-10-14-6-5-13(9-17-14)16(18)19-3/h5-6,9,11-12,15H,4,7-8,10H2,1-3H3. The van der Waals surface area contributed by atoms with E-state index in [0.717, 1.165) is 30.4 Å². The van der Waals surface area contributed by atoms with Crippen molar-refractivity contribution in [1.82, 2.24) is 4.98 Å². The number of aromatic nitrogens is 1. The molecule has 4 heteroatoms. The van der Waals surface area contributed by atoms with E-state index in [4.69, 9.17) is 4.74 Å². The van der Waals surface area contributed by atoms with Crippen molar-refractivity contribution < 1.29 is 14.3 Å². The quantitative estimate of drug-likeness (QED) is 0.793. The molecule has 1 aromatic rings. The van der Waals surface area contributed by atoms with Crippen molar-refractivity contribution in [2.45, 2.75) is 45.8 Å². The van der Waals surface area contributed by atoms with E-state index in [9.17, 15) is 4.79 Å². The van der Waals surface area contributed by atoms with Crippen LogP contribution in [0.3, 0.4) is 0 Å². The SMILES string of the molecule is COC(=O)c1ccc(COC2CCC(C)C(C)C2)nc1. The molecule has 2 rings (SSSR count). The van der Waals surface area contributed by atoms with Gasteiger partial charge in [-0.25, -0.2) is 4.79 Å². The van der Waals surface area contributed by atoms with Crippen LogP contribution in [0.1, 0.15) is 49.2 Å². The third kappa shape index (κ3) is 3.79. The van der Waals surface area contributed by atoms with Crippen LogP contribution in [0, 0.1) is 11.8 Å². The van der Waals surface area contributed by atoms with E-state index in [2.05, 4.69) is 23.6 Å². The van der Waals surface area contributed by atoms with Gasteiger partial charge in [0, 0.05) is 6.20 Å². The van der Waals surface area contributed by atoms with Gasteiger partial charge in [-0.3, -0.25) is 4.98 Å². The van der Waals surface area contributed by atoms with E-state index in [1.165, 1.54) is 19.7 Å². The third-order valence-electron chi connectivity index (χ3n) is 4.26. The molecule has 20 heavy (non-hydrogen) atoms. The molecule has 110 valence electrons. The number of hydrogen-bond donors (Lipinski definition) is 0. The number of carbonyl (C=O) groups excluding carboxylic acids is 1. The highest BCUT2D eigenvalue weighted by atomic mass is 16.5. The Morgan fingerprint density at radius 2 is 2.10 bits per heavy atom. The van der Waals surface area contributed by atoms with Gasteiger partial charge >= 0.3 is 5.97 Å². The number of carbonyl (C=O) groups is 1. The molecule has 0 saturated heterocycles. The van der Waals surface area contributed by atoms with Crippen molar-refractivity contribution in [3.8, 4) is 0 Å². The van der Waals surface area contributed by atoms with Gasteiger partial charge in [0.25, 0.3) is 0 Å². The van der Waals surface area contributed by atoms with Gasteiger partial charge in [0.2, 0.25) is 0 Å². The van der Waals surface area contributed by atoms with Crippen LogP contribution in [-0.4, -0.2) is 24.2 Å². The molecule has 1 heterocycles. The van der Waals surface area contributed by atoms with E-state index in [1.807, 2.05) is 6.07 Å². The van der Waals surface area contributed by atoms with Crippen LogP contribution in [0.5, 0.6) is 0 Å². The number of pyridine rings is 1. The van der Waals surface area contributed by atoms with Gasteiger partial charge in [0.05, 0.1) is 31.1 Å². The van der Waals surface area contributed by atoms with Crippen LogP contribution in [0.25, 0.3) is 0 Å². The summed E-state index contributed by atoms with van der Waals surface area (Å²) in [5.41, 5.74) is 1.32. The summed E-state index contributed by atoms with van der Waals surface area (Å²) in [6.07, 6.45) is 5.37. The molecule has 1 saturated carbocycles. The van der Waals surface area contributed by atoms with E-state index in [1.54, 1.807) is 6.07 Å². The number of methoxy groups -OCH3 is 1. The number of rotatable bonds is 4. The minimum atomic E-state index is -0.361. The Labute approximate surface area is 120 Å². The zero-order valence-electron chi connectivity index (χ0n) is 12.5. The van der Waals surface area contributed by atoms with E-state index in [0.29, 0.717) is 18.3 Å². The molecule has 0 amide bonds. The Balaban J connectivity index is 1.84. The van der Waals surface area contributed by atoms with Crippen LogP contribution in [0.15, 0.2) is 18.3 Å². The monoisotopic (exact) mass is 277 g/mol. The van der Waals surface area contributed by atoms with Crippen LogP contribution in [0.2, 0.25) is 0 Å². The Bertz CT molecular complexity index is 444. The number of esters is 1. The minimum Gasteiger partial charge on any atom is -0.465 e. The van der Waals surface area contributed by atoms with Gasteiger partial charge in [-0.1, -0.05) is 13.8 Å². The molecule has 1 aliphatic carbocycles. The second kappa shape index (κ2) is 6.84. The first-order valence-electron chi connectivity index (χ1n) is 7.25. The molecule has 1 aliphatic rings. The summed E-state index contributed by atoms with van der Waals surface area (Å²) < 4.78 is 10.6. The topological polar surface area (TPSA) is 48.4 Å². The first-order chi connectivity index (χ1) is 9.60. The molecule has 3 atom stereocenters. The second-order valence-corrected chi connectivity index (χ2v) is 5.73. The maximum atomic E-state index is 11.3. The molecule has 0 aliphatic heterocycles. The van der Waals surface area contributed by atoms with Gasteiger partial charge in [-0.2, -0.15) is 0 Å². The Hall–Kier alpha value is -1.42. The lowest BCUT2D eigenvalue weighted by Gasteiger charge is -2.31. The Kier molecular flexibility index (Phi) is 5.12. The van der Waals surface area contributed by atoms with Crippen molar-refractivity contribution in [3.63, 3.8) is 0 Å². The molecular weight excluding hydrogens is 254 g/mol. The molecule has 0 aromatic carbocycles. The van der Waals surface area contributed by atoms with Crippen molar-refractivity contribution in [3.05, 3.63) is 29.6 Å². The normalized spacial score (nSPS) is 26.2. The average Bonchev–Trinajstić information content (AvgIpc) is 2.48. The summed E-state index contributed by atoms with van der Waals surface area (Å²) >= 11 is 0. The molecule has 0 radical (unpaired) electrons. The summed E-state index contributed by atoms with van der Waals surface area (Å²) in [6.45, 7) is 5.12. The highest BCUT2D eigenvalue weighted by molar-refractivity contribution is 5.88. The Morgan fingerprint density at radius 1 is 1.30 bits per heavy atom. The van der Waals surface area contributed by atoms with Gasteiger partial charge in [0.15, 0.2) is 0 Å². The van der Waals surface area contributed by atoms with Gasteiger partial charge in [0.1, 0.15) is 0 Å². The van der Waals surface area contributed by atoms with Crippen LogP contribution in [-0.2, 0) is 16.1 Å². The van der Waals surface area contributed by atoms with E-state index >= 15 is 0 Å². The molecule has 0 bridgehead atoms. The zero-order chi connectivity index (χ0) is 14.5. The lowest BCUT2D eigenvalue weighted by molar-refractivity contribution is -0.00877. The highest BCUT2D eigenvalue weighted by Crippen LogP contribution is 2.31. The summed E-state index contributed by atoms with van der Waals surface area (Å²) in [7, 11) is 1.37. The van der Waals surface area contributed by atoms with Crippen LogP contribution >= 0.6 is 0 Å². The second-order valence-electron chi connectivity index (χ2n) is 5.73. The van der Waals surface area contributed by atoms with Crippen molar-refractivity contribution in [2.75, 3.05) is 7.11 Å². The number of nitrogens with zero attached hydrogens (tertiary/aromatic N) is 1. The summed E-state index contributed by atoms with van der Waals surface area (Å²) in [5, 5.41) is 0. The molecule has 1 fully saturated rings. The maximum absolute atomic E-state index is 11.3. The predicted octanol–water partition coefficient (Wildman–Crippen LogP) is 3.21. The fourth-order valence-electron chi connectivity index (χ4n) is 2.60. The summed E-state index contributed by atoms with van der Waals surface area (Å²) in [4.78, 5) is 15.5. The molecule has 4 nitrogen and oxygen atoms in total. The van der Waals surface area contributed by atoms with Crippen LogP contribution in [0.4, 0.5) is 0 Å². The minimum absolute atomic E-state index is 0.336. The number of ether oxygens (including phenoxy) is 2. The van der Waals surface area contributed by atoms with Gasteiger partial charge in [-0.15, -0.1) is 0 Å². The third-order valence-corrected chi connectivity index (χ3v) is 4.26. The van der Waals surface area contributed by atoms with E-state index in [-0.39, 0.29) is 5.97 Å². The van der Waals surface area contributed by atoms with Crippen molar-refractivity contribution >= 4 is 5.97 Å². The van der Waals surface area contributed by atoms with Gasteiger partial charge < -0.3 is 9.47 Å². The predicted molar refractivity (Wildman–Crippen MR) is 76.3 cm³/mol. The first kappa shape index (κ1) is 15.0. The zero-order valence-corrected chi connectivity index (χ0v) is 12.5. The molecule has 1 aromatic heterocycles. The smallest absolute Gasteiger partial charge is 0.339 e. The highest BCUT2D eigenvalue weighted by Gasteiger charge is 2.24. The Morgan fingerprint density at radius 3 is 2.70 bits per heavy atom. The van der Waals surface area contributed by atoms with Gasteiger partial charge in [-0.05, 0) is 43.2 Å². The lowest BCUT2D eigenvalue weighted by atomic mass is 9.80. The molecule has 0 spiro atoms.